The molecule has 0 aromatic rings. The van der Waals surface area contributed by atoms with Gasteiger partial charge in [0.15, 0.2) is 0 Å². The lowest BCUT2D eigenvalue weighted by Gasteiger charge is -2.11. The van der Waals surface area contributed by atoms with Crippen LogP contribution in [0, 0.1) is 5.92 Å². The fourth-order valence-corrected chi connectivity index (χ4v) is 4.68. The van der Waals surface area contributed by atoms with Crippen molar-refractivity contribution in [3.05, 3.63) is 0 Å². The summed E-state index contributed by atoms with van der Waals surface area (Å²) in [7, 11) is 0. The number of rotatable bonds is 23. The molecule has 0 amide bonds. The van der Waals surface area contributed by atoms with Crippen LogP contribution in [-0.2, 0) is 9.59 Å². The first-order valence-corrected chi connectivity index (χ1v) is 13.3. The average molecular weight is 431 g/mol. The summed E-state index contributed by atoms with van der Waals surface area (Å²) in [6.45, 7) is 2.27. The van der Waals surface area contributed by atoms with Gasteiger partial charge in [0, 0.05) is 11.5 Å². The SMILES string of the molecule is CCCCCCCCCCCCCCCCCCC(CSCCC(=O)O)C(=O)O. The van der Waals surface area contributed by atoms with E-state index in [0.717, 1.165) is 12.8 Å². The zero-order chi connectivity index (χ0) is 21.6. The zero-order valence-electron chi connectivity index (χ0n) is 18.8. The fraction of sp³-hybridized carbons (Fsp3) is 0.917. The lowest BCUT2D eigenvalue weighted by Crippen LogP contribution is -2.16. The van der Waals surface area contributed by atoms with Gasteiger partial charge in [-0.05, 0) is 6.42 Å². The van der Waals surface area contributed by atoms with E-state index in [9.17, 15) is 14.7 Å². The first kappa shape index (κ1) is 28.3. The molecule has 0 aliphatic carbocycles. The molecule has 0 fully saturated rings. The van der Waals surface area contributed by atoms with Crippen molar-refractivity contribution < 1.29 is 19.8 Å². The molecule has 0 aliphatic heterocycles. The van der Waals surface area contributed by atoms with E-state index in [1.54, 1.807) is 0 Å². The van der Waals surface area contributed by atoms with Gasteiger partial charge in [-0.15, -0.1) is 0 Å². The quantitative estimate of drug-likeness (QED) is 0.164. The van der Waals surface area contributed by atoms with Gasteiger partial charge in [-0.3, -0.25) is 9.59 Å². The van der Waals surface area contributed by atoms with Gasteiger partial charge in [0.05, 0.1) is 12.3 Å². The summed E-state index contributed by atoms with van der Waals surface area (Å²) in [6.07, 6.45) is 22.0. The zero-order valence-corrected chi connectivity index (χ0v) is 19.7. The Morgan fingerprint density at radius 2 is 1.10 bits per heavy atom. The molecule has 0 bridgehead atoms. The van der Waals surface area contributed by atoms with E-state index in [1.807, 2.05) is 0 Å². The Labute approximate surface area is 183 Å². The molecule has 0 aromatic carbocycles. The standard InChI is InChI=1S/C24H46O4S/c1-2-3-4-5-6-7-8-9-10-11-12-13-14-15-16-17-18-22(24(27)28)21-29-20-19-23(25)26/h22H,2-21H2,1H3,(H,25,26)(H,27,28). The van der Waals surface area contributed by atoms with Gasteiger partial charge < -0.3 is 10.2 Å². The normalized spacial score (nSPS) is 12.2. The highest BCUT2D eigenvalue weighted by Gasteiger charge is 2.16. The molecule has 1 unspecified atom stereocenters. The fourth-order valence-electron chi connectivity index (χ4n) is 3.60. The van der Waals surface area contributed by atoms with E-state index in [0.29, 0.717) is 17.9 Å². The van der Waals surface area contributed by atoms with E-state index in [1.165, 1.54) is 102 Å². The van der Waals surface area contributed by atoms with Crippen LogP contribution in [0.15, 0.2) is 0 Å². The topological polar surface area (TPSA) is 74.6 Å². The van der Waals surface area contributed by atoms with Crippen molar-refractivity contribution in [3.8, 4) is 0 Å². The molecule has 0 aliphatic rings. The molecular weight excluding hydrogens is 384 g/mol. The molecule has 4 nitrogen and oxygen atoms in total. The van der Waals surface area contributed by atoms with E-state index in [4.69, 9.17) is 5.11 Å². The van der Waals surface area contributed by atoms with Gasteiger partial charge in [-0.25, -0.2) is 0 Å². The van der Waals surface area contributed by atoms with Crippen LogP contribution in [0.25, 0.3) is 0 Å². The molecule has 1 atom stereocenters. The molecule has 2 N–H and O–H groups in total. The summed E-state index contributed by atoms with van der Waals surface area (Å²) >= 11 is 1.44. The van der Waals surface area contributed by atoms with E-state index < -0.39 is 11.9 Å². The molecule has 0 radical (unpaired) electrons. The summed E-state index contributed by atoms with van der Waals surface area (Å²) in [6, 6.07) is 0. The van der Waals surface area contributed by atoms with E-state index in [2.05, 4.69) is 6.92 Å². The maximum atomic E-state index is 11.3. The Morgan fingerprint density at radius 3 is 1.48 bits per heavy atom. The van der Waals surface area contributed by atoms with Crippen LogP contribution in [0.4, 0.5) is 0 Å². The second-order valence-electron chi connectivity index (χ2n) is 8.35. The van der Waals surface area contributed by atoms with Gasteiger partial charge >= 0.3 is 11.9 Å². The Bertz CT molecular complexity index is 387. The minimum atomic E-state index is -0.817. The van der Waals surface area contributed by atoms with Crippen LogP contribution in [0.3, 0.4) is 0 Å². The molecule has 0 aromatic heterocycles. The number of carbonyl (C=O) groups is 2. The highest BCUT2D eigenvalue weighted by molar-refractivity contribution is 7.99. The molecule has 0 saturated heterocycles. The van der Waals surface area contributed by atoms with Crippen molar-refractivity contribution in [2.24, 2.45) is 5.92 Å². The van der Waals surface area contributed by atoms with E-state index in [-0.39, 0.29) is 12.3 Å². The summed E-state index contributed by atoms with van der Waals surface area (Å²) < 4.78 is 0. The minimum Gasteiger partial charge on any atom is -0.481 e. The third-order valence-electron chi connectivity index (χ3n) is 5.53. The first-order valence-electron chi connectivity index (χ1n) is 12.1. The lowest BCUT2D eigenvalue weighted by molar-refractivity contribution is -0.141. The maximum Gasteiger partial charge on any atom is 0.307 e. The summed E-state index contributed by atoms with van der Waals surface area (Å²) in [5, 5.41) is 17.9. The van der Waals surface area contributed by atoms with Crippen molar-refractivity contribution >= 4 is 23.7 Å². The van der Waals surface area contributed by atoms with Crippen LogP contribution in [-0.4, -0.2) is 33.7 Å². The number of hydrogen-bond acceptors (Lipinski definition) is 3. The number of thioether (sulfide) groups is 1. The Balaban J connectivity index is 3.35. The summed E-state index contributed by atoms with van der Waals surface area (Å²) in [5.74, 6) is -0.865. The number of aliphatic carboxylic acids is 2. The van der Waals surface area contributed by atoms with Gasteiger partial charge in [0.1, 0.15) is 0 Å². The Hall–Kier alpha value is -0.710. The van der Waals surface area contributed by atoms with Gasteiger partial charge in [0.2, 0.25) is 0 Å². The van der Waals surface area contributed by atoms with Gasteiger partial charge in [-0.2, -0.15) is 11.8 Å². The molecule has 0 heterocycles. The first-order chi connectivity index (χ1) is 14.1. The van der Waals surface area contributed by atoms with Crippen LogP contribution in [0.1, 0.15) is 122 Å². The van der Waals surface area contributed by atoms with Crippen molar-refractivity contribution in [2.75, 3.05) is 11.5 Å². The van der Waals surface area contributed by atoms with Gasteiger partial charge in [-0.1, -0.05) is 110 Å². The smallest absolute Gasteiger partial charge is 0.307 e. The predicted octanol–water partition coefficient (Wildman–Crippen LogP) is 7.55. The summed E-state index contributed by atoms with van der Waals surface area (Å²) in [5.41, 5.74) is 0. The third-order valence-corrected chi connectivity index (χ3v) is 6.67. The number of hydrogen-bond donors (Lipinski definition) is 2. The molecule has 0 rings (SSSR count). The van der Waals surface area contributed by atoms with Crippen LogP contribution in [0.5, 0.6) is 0 Å². The average Bonchev–Trinajstić information content (AvgIpc) is 2.68. The highest BCUT2D eigenvalue weighted by atomic mass is 32.2. The molecule has 29 heavy (non-hydrogen) atoms. The predicted molar refractivity (Wildman–Crippen MR) is 125 cm³/mol. The summed E-state index contributed by atoms with van der Waals surface area (Å²) in [4.78, 5) is 21.8. The highest BCUT2D eigenvalue weighted by Crippen LogP contribution is 2.19. The van der Waals surface area contributed by atoms with Crippen LogP contribution < -0.4 is 0 Å². The molecule has 0 saturated carbocycles. The number of unbranched alkanes of at least 4 members (excludes halogenated alkanes) is 15. The molecule has 5 heteroatoms. The molecule has 0 spiro atoms. The van der Waals surface area contributed by atoms with Gasteiger partial charge in [0.25, 0.3) is 0 Å². The van der Waals surface area contributed by atoms with Crippen molar-refractivity contribution in [1.82, 2.24) is 0 Å². The second kappa shape index (κ2) is 22.0. The van der Waals surface area contributed by atoms with Crippen LogP contribution >= 0.6 is 11.8 Å². The van der Waals surface area contributed by atoms with Crippen molar-refractivity contribution in [2.45, 2.75) is 122 Å². The molecular formula is C24H46O4S. The maximum absolute atomic E-state index is 11.3. The number of carboxylic acid groups (broad SMARTS) is 2. The third kappa shape index (κ3) is 21.8. The van der Waals surface area contributed by atoms with Crippen molar-refractivity contribution in [3.63, 3.8) is 0 Å². The monoisotopic (exact) mass is 430 g/mol. The lowest BCUT2D eigenvalue weighted by atomic mass is 10.0. The Morgan fingerprint density at radius 1 is 0.690 bits per heavy atom. The Kier molecular flexibility index (Phi) is 21.4. The van der Waals surface area contributed by atoms with E-state index >= 15 is 0 Å². The minimum absolute atomic E-state index is 0.107. The van der Waals surface area contributed by atoms with Crippen LogP contribution in [0.2, 0.25) is 0 Å². The number of carboxylic acids is 2. The second-order valence-corrected chi connectivity index (χ2v) is 9.50. The largest absolute Gasteiger partial charge is 0.481 e. The molecule has 172 valence electrons. The van der Waals surface area contributed by atoms with Crippen molar-refractivity contribution in [1.29, 1.82) is 0 Å².